The standard InChI is InChI=1S/C15H14N2O2/c16-12-4-1-11(2-5-12)3-10-15(18)19-14-8-6-13(17)7-9-14/h1-10H,16-17H2/b10-3+. The Bertz CT molecular complexity index is 587. The molecule has 96 valence electrons. The van der Waals surface area contributed by atoms with Crippen LogP contribution in [0.15, 0.2) is 54.6 Å². The zero-order chi connectivity index (χ0) is 13.7. The second-order valence-corrected chi connectivity index (χ2v) is 3.99. The molecule has 4 N–H and O–H groups in total. The summed E-state index contributed by atoms with van der Waals surface area (Å²) in [6.45, 7) is 0. The van der Waals surface area contributed by atoms with Crippen molar-refractivity contribution in [1.29, 1.82) is 0 Å². The van der Waals surface area contributed by atoms with Crippen LogP contribution in [-0.4, -0.2) is 5.97 Å². The van der Waals surface area contributed by atoms with E-state index >= 15 is 0 Å². The van der Waals surface area contributed by atoms with Gasteiger partial charge >= 0.3 is 5.97 Å². The summed E-state index contributed by atoms with van der Waals surface area (Å²) < 4.78 is 5.11. The highest BCUT2D eigenvalue weighted by Crippen LogP contribution is 2.13. The van der Waals surface area contributed by atoms with Crippen LogP contribution in [0.4, 0.5) is 11.4 Å². The monoisotopic (exact) mass is 254 g/mol. The highest BCUT2D eigenvalue weighted by atomic mass is 16.5. The van der Waals surface area contributed by atoms with Gasteiger partial charge < -0.3 is 16.2 Å². The Morgan fingerprint density at radius 1 is 0.895 bits per heavy atom. The quantitative estimate of drug-likeness (QED) is 0.382. The molecule has 2 aromatic rings. The Labute approximate surface area is 111 Å². The van der Waals surface area contributed by atoms with Crippen molar-refractivity contribution in [1.82, 2.24) is 0 Å². The van der Waals surface area contributed by atoms with Gasteiger partial charge in [0.1, 0.15) is 5.75 Å². The molecule has 0 aliphatic heterocycles. The van der Waals surface area contributed by atoms with Crippen molar-refractivity contribution in [3.05, 3.63) is 60.2 Å². The number of carbonyl (C=O) groups is 1. The summed E-state index contributed by atoms with van der Waals surface area (Å²) in [5.74, 6) is 0.0164. The Morgan fingerprint density at radius 3 is 2.00 bits per heavy atom. The van der Waals surface area contributed by atoms with Crippen molar-refractivity contribution < 1.29 is 9.53 Å². The minimum absolute atomic E-state index is 0.443. The van der Waals surface area contributed by atoms with E-state index in [0.717, 1.165) is 5.56 Å². The Kier molecular flexibility index (Phi) is 3.83. The second kappa shape index (κ2) is 5.73. The maximum atomic E-state index is 11.6. The highest BCUT2D eigenvalue weighted by Gasteiger charge is 1.99. The molecule has 4 nitrogen and oxygen atoms in total. The molecule has 0 unspecified atom stereocenters. The molecule has 0 aliphatic carbocycles. The topological polar surface area (TPSA) is 78.3 Å². The molecule has 0 fully saturated rings. The van der Waals surface area contributed by atoms with Crippen LogP contribution in [0, 0.1) is 0 Å². The summed E-state index contributed by atoms with van der Waals surface area (Å²) in [6, 6.07) is 13.8. The second-order valence-electron chi connectivity index (χ2n) is 3.99. The number of esters is 1. The highest BCUT2D eigenvalue weighted by molar-refractivity contribution is 5.88. The number of nitrogen functional groups attached to an aromatic ring is 2. The van der Waals surface area contributed by atoms with Crippen molar-refractivity contribution in [2.24, 2.45) is 0 Å². The zero-order valence-corrected chi connectivity index (χ0v) is 10.2. The summed E-state index contributed by atoms with van der Waals surface area (Å²) in [5, 5.41) is 0. The van der Waals surface area contributed by atoms with Crippen LogP contribution in [0.1, 0.15) is 5.56 Å². The van der Waals surface area contributed by atoms with E-state index in [2.05, 4.69) is 0 Å². The van der Waals surface area contributed by atoms with Gasteiger partial charge in [-0.3, -0.25) is 0 Å². The third-order valence-corrected chi connectivity index (χ3v) is 2.45. The lowest BCUT2D eigenvalue weighted by Gasteiger charge is -2.01. The third-order valence-electron chi connectivity index (χ3n) is 2.45. The lowest BCUT2D eigenvalue weighted by Crippen LogP contribution is -2.03. The first kappa shape index (κ1) is 12.7. The molecule has 19 heavy (non-hydrogen) atoms. The Morgan fingerprint density at radius 2 is 1.42 bits per heavy atom. The molecule has 0 aliphatic rings. The summed E-state index contributed by atoms with van der Waals surface area (Å²) in [5.41, 5.74) is 13.3. The summed E-state index contributed by atoms with van der Waals surface area (Å²) >= 11 is 0. The van der Waals surface area contributed by atoms with Gasteiger partial charge in [0.25, 0.3) is 0 Å². The van der Waals surface area contributed by atoms with E-state index in [0.29, 0.717) is 17.1 Å². The fraction of sp³-hybridized carbons (Fsp3) is 0. The minimum Gasteiger partial charge on any atom is -0.423 e. The first-order chi connectivity index (χ1) is 9.13. The van der Waals surface area contributed by atoms with Crippen molar-refractivity contribution in [3.8, 4) is 5.75 Å². The van der Waals surface area contributed by atoms with Crippen LogP contribution in [0.2, 0.25) is 0 Å². The van der Waals surface area contributed by atoms with E-state index in [1.54, 1.807) is 42.5 Å². The van der Waals surface area contributed by atoms with E-state index in [9.17, 15) is 4.79 Å². The average molecular weight is 254 g/mol. The summed E-state index contributed by atoms with van der Waals surface area (Å²) in [6.07, 6.45) is 3.03. The normalized spacial score (nSPS) is 10.5. The third kappa shape index (κ3) is 3.89. The number of ether oxygens (including phenoxy) is 1. The minimum atomic E-state index is -0.443. The van der Waals surface area contributed by atoms with Gasteiger partial charge in [0, 0.05) is 17.5 Å². The first-order valence-corrected chi connectivity index (χ1v) is 5.74. The van der Waals surface area contributed by atoms with Crippen molar-refractivity contribution in [2.45, 2.75) is 0 Å². The number of hydrogen-bond acceptors (Lipinski definition) is 4. The van der Waals surface area contributed by atoms with Gasteiger partial charge in [-0.15, -0.1) is 0 Å². The molecule has 0 aromatic heterocycles. The van der Waals surface area contributed by atoms with Crippen molar-refractivity contribution in [3.63, 3.8) is 0 Å². The molecule has 4 heteroatoms. The molecule has 2 aromatic carbocycles. The van der Waals surface area contributed by atoms with Crippen LogP contribution < -0.4 is 16.2 Å². The van der Waals surface area contributed by atoms with Gasteiger partial charge in [-0.25, -0.2) is 4.79 Å². The Balaban J connectivity index is 1.97. The number of carbonyl (C=O) groups excluding carboxylic acids is 1. The predicted octanol–water partition coefficient (Wildman–Crippen LogP) is 2.47. The summed E-state index contributed by atoms with van der Waals surface area (Å²) in [4.78, 5) is 11.6. The number of hydrogen-bond donors (Lipinski definition) is 2. The predicted molar refractivity (Wildman–Crippen MR) is 76.4 cm³/mol. The smallest absolute Gasteiger partial charge is 0.336 e. The maximum absolute atomic E-state index is 11.6. The Hall–Kier alpha value is -2.75. The number of nitrogens with two attached hydrogens (primary N) is 2. The van der Waals surface area contributed by atoms with Gasteiger partial charge in [0.2, 0.25) is 0 Å². The molecule has 0 atom stereocenters. The van der Waals surface area contributed by atoms with Crippen LogP contribution >= 0.6 is 0 Å². The van der Waals surface area contributed by atoms with E-state index in [1.165, 1.54) is 6.08 Å². The molecule has 0 saturated carbocycles. The average Bonchev–Trinajstić information content (AvgIpc) is 2.41. The van der Waals surface area contributed by atoms with Crippen LogP contribution in [0.5, 0.6) is 5.75 Å². The van der Waals surface area contributed by atoms with Gasteiger partial charge in [-0.1, -0.05) is 12.1 Å². The molecule has 0 heterocycles. The largest absolute Gasteiger partial charge is 0.423 e. The fourth-order valence-corrected chi connectivity index (χ4v) is 1.46. The molecule has 0 amide bonds. The van der Waals surface area contributed by atoms with Crippen LogP contribution in [0.3, 0.4) is 0 Å². The van der Waals surface area contributed by atoms with Gasteiger partial charge in [0.05, 0.1) is 0 Å². The first-order valence-electron chi connectivity index (χ1n) is 5.74. The van der Waals surface area contributed by atoms with E-state index < -0.39 is 5.97 Å². The molecule has 2 rings (SSSR count). The van der Waals surface area contributed by atoms with E-state index in [1.807, 2.05) is 12.1 Å². The SMILES string of the molecule is Nc1ccc(/C=C/C(=O)Oc2ccc(N)cc2)cc1. The summed E-state index contributed by atoms with van der Waals surface area (Å²) in [7, 11) is 0. The number of rotatable bonds is 3. The fourth-order valence-electron chi connectivity index (χ4n) is 1.46. The number of anilines is 2. The van der Waals surface area contributed by atoms with E-state index in [-0.39, 0.29) is 0 Å². The molecule has 0 saturated heterocycles. The molecule has 0 spiro atoms. The maximum Gasteiger partial charge on any atom is 0.336 e. The molecule has 0 radical (unpaired) electrons. The van der Waals surface area contributed by atoms with Gasteiger partial charge in [-0.2, -0.15) is 0 Å². The number of benzene rings is 2. The lowest BCUT2D eigenvalue weighted by molar-refractivity contribution is -0.128. The van der Waals surface area contributed by atoms with Crippen molar-refractivity contribution in [2.75, 3.05) is 11.5 Å². The van der Waals surface area contributed by atoms with Gasteiger partial charge in [-0.05, 0) is 48.0 Å². The molecular weight excluding hydrogens is 240 g/mol. The lowest BCUT2D eigenvalue weighted by atomic mass is 10.2. The molecular formula is C15H14N2O2. The zero-order valence-electron chi connectivity index (χ0n) is 10.2. The van der Waals surface area contributed by atoms with Crippen LogP contribution in [-0.2, 0) is 4.79 Å². The molecule has 0 bridgehead atoms. The van der Waals surface area contributed by atoms with Crippen LogP contribution in [0.25, 0.3) is 6.08 Å². The van der Waals surface area contributed by atoms with Crippen molar-refractivity contribution >= 4 is 23.4 Å². The van der Waals surface area contributed by atoms with E-state index in [4.69, 9.17) is 16.2 Å². The van der Waals surface area contributed by atoms with Gasteiger partial charge in [0.15, 0.2) is 0 Å².